The highest BCUT2D eigenvalue weighted by atomic mass is 15.1. The van der Waals surface area contributed by atoms with Crippen molar-refractivity contribution < 1.29 is 0 Å². The number of aryl methyl sites for hydroxylation is 1. The Hall–Kier alpha value is -0.860. The summed E-state index contributed by atoms with van der Waals surface area (Å²) in [5, 5.41) is 0. The monoisotopic (exact) mass is 260 g/mol. The summed E-state index contributed by atoms with van der Waals surface area (Å²) in [4.78, 5) is 2.63. The van der Waals surface area contributed by atoms with Crippen LogP contribution < -0.4 is 5.73 Å². The molecule has 1 unspecified atom stereocenters. The summed E-state index contributed by atoms with van der Waals surface area (Å²) in [7, 11) is 0. The molecule has 1 heterocycles. The van der Waals surface area contributed by atoms with E-state index in [1.807, 2.05) is 0 Å². The molecule has 19 heavy (non-hydrogen) atoms. The fourth-order valence-corrected chi connectivity index (χ4v) is 3.05. The van der Waals surface area contributed by atoms with Crippen LogP contribution in [0, 0.1) is 5.92 Å². The summed E-state index contributed by atoms with van der Waals surface area (Å²) in [5.74, 6) is 0.782. The topological polar surface area (TPSA) is 29.3 Å². The Morgan fingerprint density at radius 1 is 1.21 bits per heavy atom. The average molecular weight is 260 g/mol. The molecule has 0 aliphatic carbocycles. The van der Waals surface area contributed by atoms with Gasteiger partial charge in [0, 0.05) is 6.54 Å². The van der Waals surface area contributed by atoms with E-state index in [1.165, 1.54) is 50.8 Å². The molecule has 0 saturated heterocycles. The van der Waals surface area contributed by atoms with E-state index in [0.717, 1.165) is 19.0 Å². The molecule has 1 aliphatic heterocycles. The van der Waals surface area contributed by atoms with Gasteiger partial charge in [-0.2, -0.15) is 0 Å². The number of rotatable bonds is 6. The molecule has 2 heteroatoms. The Labute approximate surface area is 118 Å². The van der Waals surface area contributed by atoms with Crippen LogP contribution >= 0.6 is 0 Å². The molecule has 0 saturated carbocycles. The zero-order valence-electron chi connectivity index (χ0n) is 12.3. The van der Waals surface area contributed by atoms with Crippen LogP contribution in [0.15, 0.2) is 24.3 Å². The maximum absolute atomic E-state index is 5.61. The number of hydrogen-bond donors (Lipinski definition) is 1. The van der Waals surface area contributed by atoms with Gasteiger partial charge in [-0.3, -0.25) is 4.90 Å². The first-order chi connectivity index (χ1) is 9.29. The van der Waals surface area contributed by atoms with Gasteiger partial charge in [0.2, 0.25) is 0 Å². The molecule has 0 bridgehead atoms. The Bertz CT molecular complexity index is 375. The number of nitrogens with zero attached hydrogens (tertiary/aromatic N) is 1. The predicted octanol–water partition coefficient (Wildman–Crippen LogP) is 3.20. The second-order valence-electron chi connectivity index (χ2n) is 5.97. The molecule has 0 radical (unpaired) electrons. The van der Waals surface area contributed by atoms with E-state index >= 15 is 0 Å². The zero-order valence-corrected chi connectivity index (χ0v) is 12.3. The lowest BCUT2D eigenvalue weighted by Crippen LogP contribution is -2.24. The van der Waals surface area contributed by atoms with E-state index in [9.17, 15) is 0 Å². The molecule has 1 atom stereocenters. The summed E-state index contributed by atoms with van der Waals surface area (Å²) in [6, 6.07) is 8.93. The third-order valence-corrected chi connectivity index (χ3v) is 4.26. The van der Waals surface area contributed by atoms with Crippen LogP contribution in [0.4, 0.5) is 0 Å². The van der Waals surface area contributed by atoms with Gasteiger partial charge in [-0.1, -0.05) is 31.2 Å². The molecule has 0 spiro atoms. The van der Waals surface area contributed by atoms with Crippen LogP contribution in [0.3, 0.4) is 0 Å². The second kappa shape index (κ2) is 7.66. The molecular weight excluding hydrogens is 232 g/mol. The molecule has 1 aromatic carbocycles. The minimum absolute atomic E-state index is 0.782. The highest BCUT2D eigenvalue weighted by Crippen LogP contribution is 2.19. The van der Waals surface area contributed by atoms with E-state index in [-0.39, 0.29) is 0 Å². The molecule has 2 nitrogen and oxygen atoms in total. The zero-order chi connectivity index (χ0) is 13.5. The quantitative estimate of drug-likeness (QED) is 0.851. The summed E-state index contributed by atoms with van der Waals surface area (Å²) < 4.78 is 0. The van der Waals surface area contributed by atoms with Gasteiger partial charge in [0.15, 0.2) is 0 Å². The van der Waals surface area contributed by atoms with Gasteiger partial charge in [-0.25, -0.2) is 0 Å². The minimum Gasteiger partial charge on any atom is -0.330 e. The van der Waals surface area contributed by atoms with Crippen LogP contribution in [0.2, 0.25) is 0 Å². The minimum atomic E-state index is 0.782. The van der Waals surface area contributed by atoms with Crippen molar-refractivity contribution in [2.45, 2.75) is 45.6 Å². The lowest BCUT2D eigenvalue weighted by atomic mass is 10.0. The van der Waals surface area contributed by atoms with Gasteiger partial charge in [0.05, 0.1) is 0 Å². The van der Waals surface area contributed by atoms with Crippen LogP contribution in [0.25, 0.3) is 0 Å². The molecule has 1 aliphatic rings. The Morgan fingerprint density at radius 3 is 2.79 bits per heavy atom. The van der Waals surface area contributed by atoms with Gasteiger partial charge in [-0.15, -0.1) is 0 Å². The molecule has 2 rings (SSSR count). The van der Waals surface area contributed by atoms with Crippen molar-refractivity contribution >= 4 is 0 Å². The van der Waals surface area contributed by atoms with E-state index in [2.05, 4.69) is 36.1 Å². The first kappa shape index (κ1) is 14.5. The van der Waals surface area contributed by atoms with Crippen LogP contribution in [0.5, 0.6) is 0 Å². The molecule has 0 amide bonds. The van der Waals surface area contributed by atoms with Gasteiger partial charge in [0.1, 0.15) is 0 Å². The summed E-state index contributed by atoms with van der Waals surface area (Å²) in [6.45, 7) is 6.79. The molecule has 0 fully saturated rings. The molecule has 1 aromatic rings. The van der Waals surface area contributed by atoms with Crippen molar-refractivity contribution in [3.8, 4) is 0 Å². The second-order valence-corrected chi connectivity index (χ2v) is 5.97. The van der Waals surface area contributed by atoms with Gasteiger partial charge >= 0.3 is 0 Å². The van der Waals surface area contributed by atoms with Gasteiger partial charge < -0.3 is 5.73 Å². The summed E-state index contributed by atoms with van der Waals surface area (Å²) in [6.07, 6.45) is 6.34. The SMILES string of the molecule is CC(CCN)CCCN1CCCc2ccccc2C1. The number of benzene rings is 1. The smallest absolute Gasteiger partial charge is 0.0236 e. The van der Waals surface area contributed by atoms with Crippen molar-refractivity contribution in [3.05, 3.63) is 35.4 Å². The number of fused-ring (bicyclic) bond motifs is 1. The third kappa shape index (κ3) is 4.63. The largest absolute Gasteiger partial charge is 0.330 e. The summed E-state index contributed by atoms with van der Waals surface area (Å²) >= 11 is 0. The average Bonchev–Trinajstić information content (AvgIpc) is 2.60. The molecule has 2 N–H and O–H groups in total. The van der Waals surface area contributed by atoms with Crippen LogP contribution in [-0.2, 0) is 13.0 Å². The van der Waals surface area contributed by atoms with Crippen molar-refractivity contribution in [2.24, 2.45) is 11.7 Å². The normalized spacial score (nSPS) is 17.8. The molecule has 106 valence electrons. The van der Waals surface area contributed by atoms with E-state index in [0.29, 0.717) is 0 Å². The first-order valence-corrected chi connectivity index (χ1v) is 7.79. The Balaban J connectivity index is 1.79. The van der Waals surface area contributed by atoms with E-state index < -0.39 is 0 Å². The lowest BCUT2D eigenvalue weighted by Gasteiger charge is -2.21. The fourth-order valence-electron chi connectivity index (χ4n) is 3.05. The summed E-state index contributed by atoms with van der Waals surface area (Å²) in [5.41, 5.74) is 8.70. The van der Waals surface area contributed by atoms with Crippen molar-refractivity contribution in [3.63, 3.8) is 0 Å². The lowest BCUT2D eigenvalue weighted by molar-refractivity contribution is 0.256. The first-order valence-electron chi connectivity index (χ1n) is 7.79. The molecule has 0 aromatic heterocycles. The van der Waals surface area contributed by atoms with Crippen molar-refractivity contribution in [2.75, 3.05) is 19.6 Å². The fraction of sp³-hybridized carbons (Fsp3) is 0.647. The van der Waals surface area contributed by atoms with Gasteiger partial charge in [0.25, 0.3) is 0 Å². The van der Waals surface area contributed by atoms with E-state index in [1.54, 1.807) is 5.56 Å². The van der Waals surface area contributed by atoms with Crippen molar-refractivity contribution in [1.82, 2.24) is 4.90 Å². The van der Waals surface area contributed by atoms with Crippen molar-refractivity contribution in [1.29, 1.82) is 0 Å². The predicted molar refractivity (Wildman–Crippen MR) is 82.1 cm³/mol. The third-order valence-electron chi connectivity index (χ3n) is 4.26. The Kier molecular flexibility index (Phi) is 5.87. The van der Waals surface area contributed by atoms with Crippen LogP contribution in [0.1, 0.15) is 43.7 Å². The Morgan fingerprint density at radius 2 is 2.00 bits per heavy atom. The standard InChI is InChI=1S/C17H28N2/c1-15(10-11-18)6-4-12-19-13-5-9-16-7-2-3-8-17(16)14-19/h2-3,7-8,15H,4-6,9-14,18H2,1H3. The molecular formula is C17H28N2. The highest BCUT2D eigenvalue weighted by Gasteiger charge is 2.13. The van der Waals surface area contributed by atoms with Gasteiger partial charge in [-0.05, 0) is 68.8 Å². The maximum atomic E-state index is 5.61. The number of hydrogen-bond acceptors (Lipinski definition) is 2. The highest BCUT2D eigenvalue weighted by molar-refractivity contribution is 5.27. The van der Waals surface area contributed by atoms with E-state index in [4.69, 9.17) is 5.73 Å². The maximum Gasteiger partial charge on any atom is 0.0236 e. The number of nitrogens with two attached hydrogens (primary N) is 1. The van der Waals surface area contributed by atoms with Crippen LogP contribution in [-0.4, -0.2) is 24.5 Å².